The van der Waals surface area contributed by atoms with Crippen molar-refractivity contribution in [3.8, 4) is 5.69 Å². The molecule has 130 valence electrons. The van der Waals surface area contributed by atoms with Crippen LogP contribution in [0.3, 0.4) is 0 Å². The first-order valence-corrected chi connectivity index (χ1v) is 8.18. The summed E-state index contributed by atoms with van der Waals surface area (Å²) >= 11 is 6.57. The summed E-state index contributed by atoms with van der Waals surface area (Å²) in [5, 5.41) is 15.9. The summed E-state index contributed by atoms with van der Waals surface area (Å²) < 4.78 is 38.2. The molecule has 0 radical (unpaired) electrons. The molecule has 0 saturated carbocycles. The van der Waals surface area contributed by atoms with Crippen LogP contribution >= 0.6 is 23.4 Å². The molecule has 0 atom stereocenters. The Morgan fingerprint density at radius 3 is 2.92 bits per heavy atom. The van der Waals surface area contributed by atoms with Crippen LogP contribution in [0, 0.1) is 0 Å². The Labute approximate surface area is 144 Å². The van der Waals surface area contributed by atoms with Crippen LogP contribution in [0.5, 0.6) is 0 Å². The smallest absolute Gasteiger partial charge is 0.322 e. The summed E-state index contributed by atoms with van der Waals surface area (Å²) in [5.74, 6) is -1.41. The predicted molar refractivity (Wildman–Crippen MR) is 82.6 cm³/mol. The molecule has 2 rings (SSSR count). The molecule has 0 saturated heterocycles. The van der Waals surface area contributed by atoms with Crippen LogP contribution in [-0.2, 0) is 4.79 Å². The van der Waals surface area contributed by atoms with Gasteiger partial charge in [0.25, 0.3) is 0 Å². The predicted octanol–water partition coefficient (Wildman–Crippen LogP) is 2.67. The molecule has 0 aliphatic rings. The summed E-state index contributed by atoms with van der Waals surface area (Å²) in [6.07, 6.45) is -0.0912. The second-order valence-electron chi connectivity index (χ2n) is 4.69. The molecule has 2 N–H and O–H groups in total. The van der Waals surface area contributed by atoms with Crippen LogP contribution in [0.4, 0.5) is 18.9 Å². The van der Waals surface area contributed by atoms with Gasteiger partial charge >= 0.3 is 6.18 Å². The van der Waals surface area contributed by atoms with E-state index < -0.39 is 17.8 Å². The summed E-state index contributed by atoms with van der Waals surface area (Å²) in [7, 11) is 0. The maximum atomic E-state index is 12.0. The van der Waals surface area contributed by atoms with Crippen LogP contribution in [0.15, 0.2) is 30.7 Å². The molecule has 0 spiro atoms. The number of pyridine rings is 1. The van der Waals surface area contributed by atoms with E-state index in [4.69, 9.17) is 11.6 Å². The van der Waals surface area contributed by atoms with Crippen molar-refractivity contribution in [1.29, 1.82) is 0 Å². The van der Waals surface area contributed by atoms with Gasteiger partial charge in [-0.05, 0) is 6.07 Å². The third-order valence-corrected chi connectivity index (χ3v) is 4.02. The van der Waals surface area contributed by atoms with Gasteiger partial charge in [0.15, 0.2) is 5.15 Å². The van der Waals surface area contributed by atoms with Crippen molar-refractivity contribution < 1.29 is 27.9 Å². The Morgan fingerprint density at radius 1 is 1.50 bits per heavy atom. The minimum absolute atomic E-state index is 0.0274. The molecule has 2 aromatic heterocycles. The molecule has 2 aromatic rings. The lowest BCUT2D eigenvalue weighted by Gasteiger charge is -2.05. The van der Waals surface area contributed by atoms with Gasteiger partial charge in [-0.25, -0.2) is 4.68 Å². The van der Waals surface area contributed by atoms with Gasteiger partial charge in [-0.1, -0.05) is 11.6 Å². The van der Waals surface area contributed by atoms with Crippen molar-refractivity contribution in [2.75, 3.05) is 16.8 Å². The molecule has 0 aromatic carbocycles. The van der Waals surface area contributed by atoms with E-state index in [1.807, 2.05) is 0 Å². The number of halogens is 4. The number of carbonyl (C=O) groups excluding carboxylic acids is 1. The largest absolute Gasteiger partial charge is 0.397 e. The third kappa shape index (κ3) is 5.60. The van der Waals surface area contributed by atoms with E-state index in [0.717, 1.165) is 4.73 Å². The van der Waals surface area contributed by atoms with Crippen molar-refractivity contribution in [1.82, 2.24) is 9.78 Å². The molecular formula is C13H13ClF3N4O2S+. The van der Waals surface area contributed by atoms with Gasteiger partial charge in [-0.15, -0.1) is 0 Å². The van der Waals surface area contributed by atoms with Gasteiger partial charge in [0, 0.05) is 23.0 Å². The molecule has 0 aliphatic carbocycles. The number of carbonyl (C=O) groups is 1. The topological polar surface area (TPSA) is 71.0 Å². The van der Waals surface area contributed by atoms with E-state index in [-0.39, 0.29) is 23.0 Å². The second-order valence-corrected chi connectivity index (χ2v) is 6.15. The van der Waals surface area contributed by atoms with E-state index >= 15 is 0 Å². The van der Waals surface area contributed by atoms with E-state index in [0.29, 0.717) is 17.4 Å². The number of hydrogen-bond acceptors (Lipinski definition) is 4. The summed E-state index contributed by atoms with van der Waals surface area (Å²) in [6.45, 7) is 0. The van der Waals surface area contributed by atoms with Crippen LogP contribution in [0.25, 0.3) is 5.69 Å². The highest BCUT2D eigenvalue weighted by molar-refractivity contribution is 7.99. The molecule has 24 heavy (non-hydrogen) atoms. The van der Waals surface area contributed by atoms with E-state index in [9.17, 15) is 23.2 Å². The Hall–Kier alpha value is -1.94. The van der Waals surface area contributed by atoms with Crippen molar-refractivity contribution in [2.45, 2.75) is 12.6 Å². The lowest BCUT2D eigenvalue weighted by atomic mass is 10.4. The highest BCUT2D eigenvalue weighted by Gasteiger charge is 2.26. The standard InChI is InChI=1S/C13H12ClF3N4O2S/c14-12-10(18-11(22)3-5-24-8-13(15,16)17)7-21(19-12)9-2-1-4-20(23)6-9/h1-2,4,6-7H,3,5,8H2,(H-,18,22,23)/p+1. The Balaban J connectivity index is 1.92. The average Bonchev–Trinajstić information content (AvgIpc) is 2.84. The first-order chi connectivity index (χ1) is 11.2. The number of anilines is 1. The fraction of sp³-hybridized carbons (Fsp3) is 0.308. The van der Waals surface area contributed by atoms with Gasteiger partial charge in [0.1, 0.15) is 5.69 Å². The number of aromatic nitrogens is 3. The number of nitrogens with one attached hydrogen (secondary N) is 1. The Morgan fingerprint density at radius 2 is 2.25 bits per heavy atom. The van der Waals surface area contributed by atoms with Gasteiger partial charge in [-0.2, -0.15) is 30.0 Å². The molecule has 0 aliphatic heterocycles. The maximum absolute atomic E-state index is 12.0. The Bertz CT molecular complexity index is 723. The van der Waals surface area contributed by atoms with E-state index in [1.165, 1.54) is 23.3 Å². The highest BCUT2D eigenvalue weighted by Crippen LogP contribution is 2.23. The summed E-state index contributed by atoms with van der Waals surface area (Å²) in [5.41, 5.74) is 0.735. The van der Waals surface area contributed by atoms with Gasteiger partial charge in [0.05, 0.1) is 17.6 Å². The minimum Gasteiger partial charge on any atom is -0.322 e. The summed E-state index contributed by atoms with van der Waals surface area (Å²) in [6, 6.07) is 3.25. The number of rotatable bonds is 6. The van der Waals surface area contributed by atoms with Crippen LogP contribution in [-0.4, -0.2) is 38.6 Å². The molecule has 1 amide bonds. The molecule has 0 fully saturated rings. The van der Waals surface area contributed by atoms with Crippen molar-refractivity contribution in [3.05, 3.63) is 35.9 Å². The maximum Gasteiger partial charge on any atom is 0.397 e. The van der Waals surface area contributed by atoms with Crippen molar-refractivity contribution in [3.63, 3.8) is 0 Å². The minimum atomic E-state index is -4.25. The molecule has 6 nitrogen and oxygen atoms in total. The number of amides is 1. The molecule has 11 heteroatoms. The normalized spacial score (nSPS) is 11.5. The third-order valence-electron chi connectivity index (χ3n) is 2.72. The molecule has 0 unspecified atom stereocenters. The van der Waals surface area contributed by atoms with E-state index in [1.54, 1.807) is 12.1 Å². The lowest BCUT2D eigenvalue weighted by Crippen LogP contribution is -2.29. The molecule has 2 heterocycles. The number of nitrogens with zero attached hydrogens (tertiary/aromatic N) is 3. The fourth-order valence-corrected chi connectivity index (χ4v) is 2.60. The average molecular weight is 382 g/mol. The van der Waals surface area contributed by atoms with Crippen molar-refractivity contribution >= 4 is 35.0 Å². The zero-order valence-electron chi connectivity index (χ0n) is 12.1. The highest BCUT2D eigenvalue weighted by atomic mass is 35.5. The van der Waals surface area contributed by atoms with Crippen molar-refractivity contribution in [2.24, 2.45) is 0 Å². The monoisotopic (exact) mass is 381 g/mol. The number of hydrogen-bond donors (Lipinski definition) is 2. The van der Waals surface area contributed by atoms with Gasteiger partial charge < -0.3 is 5.32 Å². The van der Waals surface area contributed by atoms with Crippen LogP contribution in [0.2, 0.25) is 5.15 Å². The number of thioether (sulfide) groups is 1. The molecular weight excluding hydrogens is 369 g/mol. The first kappa shape index (κ1) is 18.4. The van der Waals surface area contributed by atoms with E-state index in [2.05, 4.69) is 10.4 Å². The SMILES string of the molecule is O=C(CCSCC(F)(F)F)Nc1cn(-c2ccc[n+](O)c2)nc1Cl. The van der Waals surface area contributed by atoms with Gasteiger partial charge in [-0.3, -0.25) is 10.0 Å². The van der Waals surface area contributed by atoms with Crippen LogP contribution < -0.4 is 10.0 Å². The van der Waals surface area contributed by atoms with Gasteiger partial charge in [0.2, 0.25) is 18.3 Å². The zero-order valence-corrected chi connectivity index (χ0v) is 13.7. The first-order valence-electron chi connectivity index (χ1n) is 6.65. The number of alkyl halides is 3. The lowest BCUT2D eigenvalue weighted by molar-refractivity contribution is -0.904. The summed E-state index contributed by atoms with van der Waals surface area (Å²) in [4.78, 5) is 11.7. The van der Waals surface area contributed by atoms with Crippen LogP contribution in [0.1, 0.15) is 6.42 Å². The molecule has 0 bridgehead atoms. The quantitative estimate of drug-likeness (QED) is 0.458. The zero-order chi connectivity index (χ0) is 17.7. The fourth-order valence-electron chi connectivity index (χ4n) is 1.72. The Kier molecular flexibility index (Phi) is 5.94. The second kappa shape index (κ2) is 7.75.